The fourth-order valence-electron chi connectivity index (χ4n) is 3.24. The van der Waals surface area contributed by atoms with Gasteiger partial charge in [-0.3, -0.25) is 9.59 Å². The molecule has 3 rings (SSSR count). The van der Waals surface area contributed by atoms with E-state index in [0.29, 0.717) is 5.56 Å². The number of carbonyl (C=O) groups is 2. The average molecular weight is 328 g/mol. The molecule has 5 heteroatoms. The number of anilines is 1. The van der Waals surface area contributed by atoms with Crippen LogP contribution in [0.2, 0.25) is 0 Å². The number of benzene rings is 1. The maximum atomic E-state index is 12.6. The van der Waals surface area contributed by atoms with Gasteiger partial charge in [0.15, 0.2) is 0 Å². The van der Waals surface area contributed by atoms with Gasteiger partial charge in [0.1, 0.15) is 0 Å². The molecule has 5 nitrogen and oxygen atoms in total. The van der Waals surface area contributed by atoms with Crippen molar-refractivity contribution in [2.45, 2.75) is 43.7 Å². The molecule has 1 aliphatic heterocycles. The van der Waals surface area contributed by atoms with E-state index in [-0.39, 0.29) is 23.5 Å². The molecule has 2 fully saturated rings. The molecule has 1 aromatic rings. The zero-order valence-electron chi connectivity index (χ0n) is 14.1. The van der Waals surface area contributed by atoms with Crippen molar-refractivity contribution in [3.05, 3.63) is 42.5 Å². The Kier molecular flexibility index (Phi) is 4.71. The Morgan fingerprint density at radius 3 is 2.54 bits per heavy atom. The van der Waals surface area contributed by atoms with Gasteiger partial charge >= 0.3 is 0 Å². The quantitative estimate of drug-likeness (QED) is 0.846. The number of ether oxygens (including phenoxy) is 1. The first kappa shape index (κ1) is 16.7. The molecule has 2 aliphatic rings. The number of rotatable bonds is 5. The smallest absolute Gasteiger partial charge is 0.251 e. The first-order valence-corrected chi connectivity index (χ1v) is 8.50. The lowest BCUT2D eigenvalue weighted by molar-refractivity contribution is -0.113. The highest BCUT2D eigenvalue weighted by atomic mass is 16.5. The van der Waals surface area contributed by atoms with Gasteiger partial charge in [-0.15, -0.1) is 0 Å². The summed E-state index contributed by atoms with van der Waals surface area (Å²) in [5, 5.41) is 3.18. The second-order valence-electron chi connectivity index (χ2n) is 6.61. The van der Waals surface area contributed by atoms with E-state index in [1.54, 1.807) is 31.3 Å². The summed E-state index contributed by atoms with van der Waals surface area (Å²) in [4.78, 5) is 25.7. The summed E-state index contributed by atoms with van der Waals surface area (Å²) in [7, 11) is 1.68. The van der Waals surface area contributed by atoms with Gasteiger partial charge in [-0.2, -0.15) is 0 Å². The van der Waals surface area contributed by atoms with Gasteiger partial charge in [-0.05, 0) is 62.4 Å². The second-order valence-corrected chi connectivity index (χ2v) is 6.61. The molecule has 24 heavy (non-hydrogen) atoms. The third kappa shape index (κ3) is 3.36. The van der Waals surface area contributed by atoms with Gasteiger partial charge in [0.2, 0.25) is 5.91 Å². The number of likely N-dealkylation sites (N-methyl/N-ethyl adjacent to an activating group) is 1. The molecule has 1 aliphatic carbocycles. The highest BCUT2D eigenvalue weighted by Gasteiger charge is 2.51. The van der Waals surface area contributed by atoms with Crippen molar-refractivity contribution in [3.63, 3.8) is 0 Å². The summed E-state index contributed by atoms with van der Waals surface area (Å²) in [6, 6.07) is 7.03. The molecule has 1 unspecified atom stereocenters. The molecule has 1 atom stereocenters. The molecule has 0 bridgehead atoms. The van der Waals surface area contributed by atoms with Crippen LogP contribution in [0.4, 0.5) is 5.69 Å². The lowest BCUT2D eigenvalue weighted by Gasteiger charge is -2.31. The Bertz CT molecular complexity index is 629. The third-order valence-electron chi connectivity index (χ3n) is 4.97. The number of amides is 2. The highest BCUT2D eigenvalue weighted by molar-refractivity contribution is 6.01. The molecule has 2 amide bonds. The molecule has 1 saturated carbocycles. The van der Waals surface area contributed by atoms with Crippen molar-refractivity contribution in [2.75, 3.05) is 18.6 Å². The van der Waals surface area contributed by atoms with Crippen LogP contribution in [0.5, 0.6) is 0 Å². The van der Waals surface area contributed by atoms with Crippen LogP contribution >= 0.6 is 0 Å². The molecule has 1 saturated heterocycles. The van der Waals surface area contributed by atoms with Gasteiger partial charge in [0, 0.05) is 24.9 Å². The van der Waals surface area contributed by atoms with E-state index in [4.69, 9.17) is 4.74 Å². The lowest BCUT2D eigenvalue weighted by atomic mass is 9.99. The molecule has 0 aromatic heterocycles. The molecule has 0 radical (unpaired) electrons. The maximum absolute atomic E-state index is 12.6. The average Bonchev–Trinajstić information content (AvgIpc) is 3.42. The minimum atomic E-state index is -0.182. The van der Waals surface area contributed by atoms with Gasteiger partial charge in [0.05, 0.1) is 11.6 Å². The van der Waals surface area contributed by atoms with Crippen molar-refractivity contribution in [1.29, 1.82) is 0 Å². The number of nitrogens with one attached hydrogen (secondary N) is 1. The van der Waals surface area contributed by atoms with Crippen LogP contribution in [0.1, 0.15) is 42.5 Å². The van der Waals surface area contributed by atoms with Crippen molar-refractivity contribution in [1.82, 2.24) is 5.32 Å². The normalized spacial score (nSPS) is 21.6. The van der Waals surface area contributed by atoms with Crippen LogP contribution in [0.3, 0.4) is 0 Å². The van der Waals surface area contributed by atoms with Crippen molar-refractivity contribution < 1.29 is 14.3 Å². The maximum Gasteiger partial charge on any atom is 0.251 e. The van der Waals surface area contributed by atoms with Crippen molar-refractivity contribution >= 4 is 17.5 Å². The summed E-state index contributed by atoms with van der Waals surface area (Å²) in [5.74, 6) is -0.260. The number of hydrogen-bond acceptors (Lipinski definition) is 3. The van der Waals surface area contributed by atoms with Crippen LogP contribution in [-0.4, -0.2) is 37.1 Å². The Labute approximate surface area is 142 Å². The molecular weight excluding hydrogens is 304 g/mol. The summed E-state index contributed by atoms with van der Waals surface area (Å²) < 4.78 is 5.86. The van der Waals surface area contributed by atoms with Crippen LogP contribution in [0.25, 0.3) is 0 Å². The lowest BCUT2D eigenvalue weighted by Crippen LogP contribution is -2.48. The fraction of sp³-hybridized carbons (Fsp3) is 0.474. The zero-order valence-corrected chi connectivity index (χ0v) is 14.1. The largest absolute Gasteiger partial charge is 0.376 e. The number of carbonyl (C=O) groups excluding carboxylic acids is 2. The van der Waals surface area contributed by atoms with Crippen LogP contribution in [0.15, 0.2) is 36.9 Å². The topological polar surface area (TPSA) is 58.6 Å². The first-order valence-electron chi connectivity index (χ1n) is 8.50. The standard InChI is InChI=1S/C19H24N2O3/c1-3-17(22)21(2)15-9-7-14(8-10-15)18(23)20-19(11-12-19)16-6-4-5-13-24-16/h3,7-10,16H,1,4-6,11-13H2,2H3,(H,20,23). The Morgan fingerprint density at radius 1 is 1.29 bits per heavy atom. The molecular formula is C19H24N2O3. The van der Waals surface area contributed by atoms with Crippen molar-refractivity contribution in [2.24, 2.45) is 0 Å². The van der Waals surface area contributed by atoms with Crippen molar-refractivity contribution in [3.8, 4) is 0 Å². The van der Waals surface area contributed by atoms with E-state index in [0.717, 1.165) is 38.0 Å². The minimum Gasteiger partial charge on any atom is -0.376 e. The SMILES string of the molecule is C=CC(=O)N(C)c1ccc(C(=O)NC2(C3CCCCO3)CC2)cc1. The Hall–Kier alpha value is -2.14. The molecule has 128 valence electrons. The summed E-state index contributed by atoms with van der Waals surface area (Å²) in [6.07, 6.45) is 6.68. The van der Waals surface area contributed by atoms with Crippen LogP contribution < -0.4 is 10.2 Å². The van der Waals surface area contributed by atoms with Gasteiger partial charge < -0.3 is 15.0 Å². The molecule has 1 heterocycles. The Balaban J connectivity index is 1.65. The van der Waals surface area contributed by atoms with E-state index >= 15 is 0 Å². The first-order chi connectivity index (χ1) is 11.6. The minimum absolute atomic E-state index is 0.0778. The summed E-state index contributed by atoms with van der Waals surface area (Å²) in [5.41, 5.74) is 1.15. The van der Waals surface area contributed by atoms with E-state index in [2.05, 4.69) is 11.9 Å². The van der Waals surface area contributed by atoms with E-state index in [9.17, 15) is 9.59 Å². The van der Waals surface area contributed by atoms with Crippen LogP contribution in [0, 0.1) is 0 Å². The predicted octanol–water partition coefficient (Wildman–Crippen LogP) is 2.67. The predicted molar refractivity (Wildman–Crippen MR) is 93.1 cm³/mol. The van der Waals surface area contributed by atoms with Gasteiger partial charge in [0.25, 0.3) is 5.91 Å². The van der Waals surface area contributed by atoms with Crippen LogP contribution in [-0.2, 0) is 9.53 Å². The van der Waals surface area contributed by atoms with Gasteiger partial charge in [-0.25, -0.2) is 0 Å². The number of nitrogens with zero attached hydrogens (tertiary/aromatic N) is 1. The molecule has 1 N–H and O–H groups in total. The second kappa shape index (κ2) is 6.77. The number of hydrogen-bond donors (Lipinski definition) is 1. The van der Waals surface area contributed by atoms with E-state index < -0.39 is 0 Å². The van der Waals surface area contributed by atoms with E-state index in [1.165, 1.54) is 17.4 Å². The highest BCUT2D eigenvalue weighted by Crippen LogP contribution is 2.43. The fourth-order valence-corrected chi connectivity index (χ4v) is 3.24. The van der Waals surface area contributed by atoms with E-state index in [1.807, 2.05) is 0 Å². The zero-order chi connectivity index (χ0) is 17.2. The molecule has 0 spiro atoms. The monoisotopic (exact) mass is 328 g/mol. The summed E-state index contributed by atoms with van der Waals surface area (Å²) >= 11 is 0. The Morgan fingerprint density at radius 2 is 2.00 bits per heavy atom. The molecule has 1 aromatic carbocycles. The van der Waals surface area contributed by atoms with Gasteiger partial charge in [-0.1, -0.05) is 6.58 Å². The third-order valence-corrected chi connectivity index (χ3v) is 4.97. The summed E-state index contributed by atoms with van der Waals surface area (Å²) in [6.45, 7) is 4.27.